The molecular weight excluding hydrogens is 166 g/mol. The van der Waals surface area contributed by atoms with E-state index in [4.69, 9.17) is 22.4 Å². The van der Waals surface area contributed by atoms with Crippen molar-refractivity contribution in [3.63, 3.8) is 0 Å². The monoisotopic (exact) mass is 171 g/mol. The third-order valence-electron chi connectivity index (χ3n) is 1.07. The van der Waals surface area contributed by atoms with Crippen molar-refractivity contribution >= 4 is 17.3 Å². The lowest BCUT2D eigenvalue weighted by Gasteiger charge is -1.98. The average Bonchev–Trinajstić information content (AvgIpc) is 2.04. The van der Waals surface area contributed by atoms with Crippen LogP contribution in [-0.4, -0.2) is 15.1 Å². The zero-order chi connectivity index (χ0) is 8.27. The van der Waals surface area contributed by atoms with Crippen LogP contribution in [0.5, 0.6) is 0 Å². The molecule has 0 aromatic carbocycles. The summed E-state index contributed by atoms with van der Waals surface area (Å²) < 4.78 is 0. The summed E-state index contributed by atoms with van der Waals surface area (Å²) in [5.41, 5.74) is 5.71. The van der Waals surface area contributed by atoms with E-state index in [1.54, 1.807) is 0 Å². The summed E-state index contributed by atoms with van der Waals surface area (Å²) in [6.45, 7) is 0. The lowest BCUT2D eigenvalue weighted by Crippen LogP contribution is -2.00. The third kappa shape index (κ3) is 1.59. The molecule has 1 rings (SSSR count). The van der Waals surface area contributed by atoms with E-state index in [-0.39, 0.29) is 16.5 Å². The predicted octanol–water partition coefficient (Wildman–Crippen LogP) is 0.945. The van der Waals surface area contributed by atoms with E-state index in [9.17, 15) is 0 Å². The van der Waals surface area contributed by atoms with Crippen LogP contribution in [0.15, 0.2) is 18.7 Å². The Balaban J connectivity index is 3.14. The number of hydrogen-bond acceptors (Lipinski definition) is 4. The van der Waals surface area contributed by atoms with E-state index in [1.807, 2.05) is 0 Å². The molecule has 1 heterocycles. The van der Waals surface area contributed by atoms with Crippen LogP contribution >= 0.6 is 11.6 Å². The third-order valence-corrected chi connectivity index (χ3v) is 1.34. The molecule has 0 saturated carbocycles. The minimum absolute atomic E-state index is 0.100. The lowest BCUT2D eigenvalue weighted by molar-refractivity contribution is 0.475. The molecule has 0 aliphatic rings. The highest BCUT2D eigenvalue weighted by atomic mass is 35.5. The van der Waals surface area contributed by atoms with Gasteiger partial charge in [-0.3, -0.25) is 0 Å². The van der Waals surface area contributed by atoms with Crippen molar-refractivity contribution in [2.24, 2.45) is 5.73 Å². The topological polar surface area (TPSA) is 72.0 Å². The SMILES string of the molecule is NC(=CO)c1nccnc1Cl. The molecule has 0 radical (unpaired) electrons. The lowest BCUT2D eigenvalue weighted by atomic mass is 10.4. The Kier molecular flexibility index (Phi) is 2.28. The number of nitrogens with two attached hydrogens (primary N) is 1. The highest BCUT2D eigenvalue weighted by Gasteiger charge is 2.03. The summed E-state index contributed by atoms with van der Waals surface area (Å²) in [4.78, 5) is 7.52. The molecule has 1 aromatic heterocycles. The highest BCUT2D eigenvalue weighted by molar-refractivity contribution is 6.30. The summed E-state index contributed by atoms with van der Waals surface area (Å²) in [6, 6.07) is 0. The van der Waals surface area contributed by atoms with Crippen molar-refractivity contribution in [3.05, 3.63) is 29.5 Å². The van der Waals surface area contributed by atoms with Crippen LogP contribution in [0.4, 0.5) is 0 Å². The molecule has 0 atom stereocenters. The van der Waals surface area contributed by atoms with Gasteiger partial charge in [0.1, 0.15) is 12.0 Å². The van der Waals surface area contributed by atoms with E-state index < -0.39 is 0 Å². The Morgan fingerprint density at radius 1 is 1.55 bits per heavy atom. The van der Waals surface area contributed by atoms with Gasteiger partial charge in [0.25, 0.3) is 0 Å². The fourth-order valence-corrected chi connectivity index (χ4v) is 0.790. The standard InChI is InChI=1S/C6H6ClN3O/c7-6-5(4(8)3-11)9-1-2-10-6/h1-3,11H,8H2. The Bertz CT molecular complexity index is 287. The maximum Gasteiger partial charge on any atom is 0.156 e. The number of hydrogen-bond donors (Lipinski definition) is 2. The van der Waals surface area contributed by atoms with Crippen LogP contribution in [0.2, 0.25) is 5.15 Å². The average molecular weight is 172 g/mol. The van der Waals surface area contributed by atoms with Crippen molar-refractivity contribution in [3.8, 4) is 0 Å². The van der Waals surface area contributed by atoms with E-state index >= 15 is 0 Å². The van der Waals surface area contributed by atoms with Crippen molar-refractivity contribution in [2.45, 2.75) is 0 Å². The van der Waals surface area contributed by atoms with E-state index in [2.05, 4.69) is 9.97 Å². The highest BCUT2D eigenvalue weighted by Crippen LogP contribution is 2.13. The summed E-state index contributed by atoms with van der Waals surface area (Å²) in [5, 5.41) is 8.68. The number of halogens is 1. The molecule has 0 saturated heterocycles. The van der Waals surface area contributed by atoms with Crippen LogP contribution in [0, 0.1) is 0 Å². The van der Waals surface area contributed by atoms with E-state index in [0.29, 0.717) is 0 Å². The Morgan fingerprint density at radius 2 is 2.18 bits per heavy atom. The molecule has 5 heteroatoms. The van der Waals surface area contributed by atoms with Gasteiger partial charge in [-0.2, -0.15) is 0 Å². The maximum absolute atomic E-state index is 8.50. The van der Waals surface area contributed by atoms with E-state index in [0.717, 1.165) is 6.26 Å². The van der Waals surface area contributed by atoms with Gasteiger partial charge in [0, 0.05) is 12.4 Å². The van der Waals surface area contributed by atoms with Gasteiger partial charge in [0.2, 0.25) is 0 Å². The Morgan fingerprint density at radius 3 is 2.73 bits per heavy atom. The van der Waals surface area contributed by atoms with Gasteiger partial charge in [-0.25, -0.2) is 9.97 Å². The predicted molar refractivity (Wildman–Crippen MR) is 41.8 cm³/mol. The molecule has 0 aliphatic carbocycles. The molecule has 0 bridgehead atoms. The molecule has 0 fully saturated rings. The normalized spacial score (nSPS) is 11.5. The number of aliphatic hydroxyl groups excluding tert-OH is 1. The Hall–Kier alpha value is -1.29. The number of nitrogens with zero attached hydrogens (tertiary/aromatic N) is 2. The first-order chi connectivity index (χ1) is 5.25. The summed E-state index contributed by atoms with van der Waals surface area (Å²) in [5.74, 6) is 0. The second kappa shape index (κ2) is 3.21. The van der Waals surface area contributed by atoms with Crippen LogP contribution in [-0.2, 0) is 0 Å². The van der Waals surface area contributed by atoms with Crippen molar-refractivity contribution in [1.82, 2.24) is 9.97 Å². The first-order valence-electron chi connectivity index (χ1n) is 2.82. The molecule has 1 aromatic rings. The van der Waals surface area contributed by atoms with Crippen LogP contribution in [0.25, 0.3) is 5.70 Å². The largest absolute Gasteiger partial charge is 0.513 e. The smallest absolute Gasteiger partial charge is 0.156 e. The minimum atomic E-state index is 0.100. The van der Waals surface area contributed by atoms with Crippen LogP contribution in [0.1, 0.15) is 5.69 Å². The quantitative estimate of drug-likeness (QED) is 0.617. The van der Waals surface area contributed by atoms with Crippen LogP contribution < -0.4 is 5.73 Å². The second-order valence-corrected chi connectivity index (χ2v) is 2.14. The molecule has 4 nitrogen and oxygen atoms in total. The second-order valence-electron chi connectivity index (χ2n) is 1.78. The number of aliphatic hydroxyl groups is 1. The molecule has 0 aliphatic heterocycles. The van der Waals surface area contributed by atoms with Gasteiger partial charge in [-0.05, 0) is 0 Å². The van der Waals surface area contributed by atoms with Crippen LogP contribution in [0.3, 0.4) is 0 Å². The molecule has 0 amide bonds. The molecular formula is C6H6ClN3O. The molecule has 0 spiro atoms. The zero-order valence-corrected chi connectivity index (χ0v) is 6.28. The summed E-state index contributed by atoms with van der Waals surface area (Å²) >= 11 is 5.59. The fraction of sp³-hybridized carbons (Fsp3) is 0. The van der Waals surface area contributed by atoms with Gasteiger partial charge in [0.05, 0.1) is 5.70 Å². The summed E-state index contributed by atoms with van der Waals surface area (Å²) in [7, 11) is 0. The van der Waals surface area contributed by atoms with Crippen molar-refractivity contribution < 1.29 is 5.11 Å². The molecule has 3 N–H and O–H groups in total. The molecule has 0 unspecified atom stereocenters. The van der Waals surface area contributed by atoms with Crippen molar-refractivity contribution in [1.29, 1.82) is 0 Å². The summed E-state index contributed by atoms with van der Waals surface area (Å²) in [6.07, 6.45) is 3.62. The zero-order valence-electron chi connectivity index (χ0n) is 5.53. The first kappa shape index (κ1) is 7.81. The van der Waals surface area contributed by atoms with Crippen molar-refractivity contribution in [2.75, 3.05) is 0 Å². The maximum atomic E-state index is 8.50. The van der Waals surface area contributed by atoms with E-state index in [1.165, 1.54) is 12.4 Å². The minimum Gasteiger partial charge on any atom is -0.513 e. The number of rotatable bonds is 1. The van der Waals surface area contributed by atoms with Gasteiger partial charge in [-0.15, -0.1) is 0 Å². The number of aromatic nitrogens is 2. The fourth-order valence-electron chi connectivity index (χ4n) is 0.576. The Labute approximate surface area is 68.3 Å². The van der Waals surface area contributed by atoms with Gasteiger partial charge in [-0.1, -0.05) is 11.6 Å². The molecule has 11 heavy (non-hydrogen) atoms. The van der Waals surface area contributed by atoms with Gasteiger partial charge >= 0.3 is 0 Å². The first-order valence-corrected chi connectivity index (χ1v) is 3.20. The van der Waals surface area contributed by atoms with Gasteiger partial charge < -0.3 is 10.8 Å². The van der Waals surface area contributed by atoms with Gasteiger partial charge in [0.15, 0.2) is 5.15 Å². The molecule has 58 valence electrons.